The molecule has 1 aromatic carbocycles. The maximum absolute atomic E-state index is 4.24. The molecule has 4 nitrogen and oxygen atoms in total. The number of aryl methyl sites for hydroxylation is 1. The van der Waals surface area contributed by atoms with E-state index in [2.05, 4.69) is 34.7 Å². The molecule has 0 saturated carbocycles. The lowest BCUT2D eigenvalue weighted by atomic mass is 10.1. The summed E-state index contributed by atoms with van der Waals surface area (Å²) in [4.78, 5) is 0. The Hall–Kier alpha value is -1.68. The van der Waals surface area contributed by atoms with Gasteiger partial charge in [0, 0.05) is 18.7 Å². The minimum atomic E-state index is 0.477. The number of hydrogen-bond donors (Lipinski definition) is 1. The molecule has 16 heavy (non-hydrogen) atoms. The van der Waals surface area contributed by atoms with E-state index in [9.17, 15) is 0 Å². The van der Waals surface area contributed by atoms with Gasteiger partial charge in [0.1, 0.15) is 5.69 Å². The molecule has 0 unspecified atom stereocenters. The van der Waals surface area contributed by atoms with Gasteiger partial charge in [-0.1, -0.05) is 29.5 Å². The maximum atomic E-state index is 4.24. The van der Waals surface area contributed by atoms with Crippen LogP contribution < -0.4 is 5.32 Å². The quantitative estimate of drug-likeness (QED) is 0.821. The normalized spacial score (nSPS) is 16.1. The fourth-order valence-corrected chi connectivity index (χ4v) is 1.90. The minimum Gasteiger partial charge on any atom is -0.312 e. The van der Waals surface area contributed by atoms with Gasteiger partial charge in [-0.15, -0.1) is 5.10 Å². The van der Waals surface area contributed by atoms with Crippen molar-refractivity contribution >= 4 is 0 Å². The van der Waals surface area contributed by atoms with Crippen molar-refractivity contribution in [2.75, 3.05) is 13.1 Å². The van der Waals surface area contributed by atoms with Crippen LogP contribution in [0, 0.1) is 6.92 Å². The maximum Gasteiger partial charge on any atom is 0.113 e. The van der Waals surface area contributed by atoms with Crippen molar-refractivity contribution < 1.29 is 0 Å². The third kappa shape index (κ3) is 1.51. The second kappa shape index (κ2) is 3.72. The first-order chi connectivity index (χ1) is 7.84. The average Bonchev–Trinajstić information content (AvgIpc) is 2.65. The van der Waals surface area contributed by atoms with Crippen molar-refractivity contribution in [1.82, 2.24) is 20.3 Å². The molecule has 1 aromatic heterocycles. The van der Waals surface area contributed by atoms with Crippen molar-refractivity contribution in [3.05, 3.63) is 36.0 Å². The number of rotatable bonds is 2. The van der Waals surface area contributed by atoms with E-state index >= 15 is 0 Å². The van der Waals surface area contributed by atoms with Crippen LogP contribution in [0.25, 0.3) is 11.3 Å². The van der Waals surface area contributed by atoms with Gasteiger partial charge in [0.15, 0.2) is 0 Å². The van der Waals surface area contributed by atoms with Crippen molar-refractivity contribution in [3.63, 3.8) is 0 Å². The van der Waals surface area contributed by atoms with Gasteiger partial charge in [-0.2, -0.15) is 0 Å². The van der Waals surface area contributed by atoms with Crippen LogP contribution in [0.15, 0.2) is 30.5 Å². The molecule has 82 valence electrons. The first-order valence-electron chi connectivity index (χ1n) is 5.53. The van der Waals surface area contributed by atoms with Crippen LogP contribution >= 0.6 is 0 Å². The highest BCUT2D eigenvalue weighted by atomic mass is 15.4. The Morgan fingerprint density at radius 1 is 1.31 bits per heavy atom. The third-order valence-corrected chi connectivity index (χ3v) is 3.07. The Bertz CT molecular complexity index is 499. The van der Waals surface area contributed by atoms with E-state index in [0.29, 0.717) is 6.04 Å². The Kier molecular flexibility index (Phi) is 2.22. The molecule has 0 bridgehead atoms. The summed E-state index contributed by atoms with van der Waals surface area (Å²) >= 11 is 0. The molecule has 3 rings (SSSR count). The van der Waals surface area contributed by atoms with E-state index in [1.807, 2.05) is 23.0 Å². The predicted molar refractivity (Wildman–Crippen MR) is 62.1 cm³/mol. The van der Waals surface area contributed by atoms with Gasteiger partial charge >= 0.3 is 0 Å². The first-order valence-corrected chi connectivity index (χ1v) is 5.53. The van der Waals surface area contributed by atoms with Gasteiger partial charge in [-0.05, 0) is 12.5 Å². The first kappa shape index (κ1) is 9.54. The SMILES string of the molecule is Cc1ccccc1-c1cn(C2CNC2)nn1. The lowest BCUT2D eigenvalue weighted by molar-refractivity contribution is 0.313. The number of hydrogen-bond acceptors (Lipinski definition) is 3. The molecule has 1 aliphatic rings. The molecule has 0 amide bonds. The van der Waals surface area contributed by atoms with E-state index in [4.69, 9.17) is 0 Å². The van der Waals surface area contributed by atoms with Gasteiger partial charge in [-0.25, -0.2) is 4.68 Å². The second-order valence-electron chi connectivity index (χ2n) is 4.21. The van der Waals surface area contributed by atoms with Crippen molar-refractivity contribution in [3.8, 4) is 11.3 Å². The fourth-order valence-electron chi connectivity index (χ4n) is 1.90. The van der Waals surface area contributed by atoms with E-state index in [1.165, 1.54) is 11.1 Å². The molecule has 0 atom stereocenters. The summed E-state index contributed by atoms with van der Waals surface area (Å²) in [6.07, 6.45) is 2.04. The average molecular weight is 214 g/mol. The van der Waals surface area contributed by atoms with E-state index in [-0.39, 0.29) is 0 Å². The smallest absolute Gasteiger partial charge is 0.113 e. The number of benzene rings is 1. The van der Waals surface area contributed by atoms with E-state index in [0.717, 1.165) is 18.8 Å². The zero-order valence-corrected chi connectivity index (χ0v) is 9.22. The van der Waals surface area contributed by atoms with Crippen molar-refractivity contribution in [1.29, 1.82) is 0 Å². The van der Waals surface area contributed by atoms with E-state index < -0.39 is 0 Å². The lowest BCUT2D eigenvalue weighted by Crippen LogP contribution is -2.43. The molecular weight excluding hydrogens is 200 g/mol. The van der Waals surface area contributed by atoms with Gasteiger partial charge in [-0.3, -0.25) is 0 Å². The molecule has 0 radical (unpaired) electrons. The molecular formula is C12H14N4. The molecule has 4 heteroatoms. The monoisotopic (exact) mass is 214 g/mol. The molecule has 0 spiro atoms. The molecule has 2 heterocycles. The van der Waals surface area contributed by atoms with Gasteiger partial charge in [0.2, 0.25) is 0 Å². The molecule has 1 N–H and O–H groups in total. The van der Waals surface area contributed by atoms with Crippen molar-refractivity contribution in [2.45, 2.75) is 13.0 Å². The van der Waals surface area contributed by atoms with Crippen LogP contribution in [0.5, 0.6) is 0 Å². The number of nitrogens with zero attached hydrogens (tertiary/aromatic N) is 3. The van der Waals surface area contributed by atoms with E-state index in [1.54, 1.807) is 0 Å². The van der Waals surface area contributed by atoms with Crippen LogP contribution in [0.4, 0.5) is 0 Å². The highest BCUT2D eigenvalue weighted by Crippen LogP contribution is 2.21. The number of aromatic nitrogens is 3. The summed E-state index contributed by atoms with van der Waals surface area (Å²) in [5, 5.41) is 11.6. The summed E-state index contributed by atoms with van der Waals surface area (Å²) in [5.74, 6) is 0. The topological polar surface area (TPSA) is 42.7 Å². The van der Waals surface area contributed by atoms with Crippen LogP contribution in [0.2, 0.25) is 0 Å². The highest BCUT2D eigenvalue weighted by Gasteiger charge is 2.20. The third-order valence-electron chi connectivity index (χ3n) is 3.07. The molecule has 1 aliphatic heterocycles. The molecule has 1 fully saturated rings. The minimum absolute atomic E-state index is 0.477. The van der Waals surface area contributed by atoms with Gasteiger partial charge in [0.25, 0.3) is 0 Å². The summed E-state index contributed by atoms with van der Waals surface area (Å²) in [7, 11) is 0. The Morgan fingerprint density at radius 3 is 2.81 bits per heavy atom. The van der Waals surface area contributed by atoms with Crippen LogP contribution in [-0.2, 0) is 0 Å². The van der Waals surface area contributed by atoms with Crippen LogP contribution in [-0.4, -0.2) is 28.1 Å². The zero-order chi connectivity index (χ0) is 11.0. The molecule has 1 saturated heterocycles. The van der Waals surface area contributed by atoms with Crippen molar-refractivity contribution in [2.24, 2.45) is 0 Å². The molecule has 2 aromatic rings. The van der Waals surface area contributed by atoms with Gasteiger partial charge < -0.3 is 5.32 Å². The largest absolute Gasteiger partial charge is 0.312 e. The molecule has 0 aliphatic carbocycles. The number of nitrogens with one attached hydrogen (secondary N) is 1. The summed E-state index contributed by atoms with van der Waals surface area (Å²) in [5.41, 5.74) is 3.37. The Morgan fingerprint density at radius 2 is 2.12 bits per heavy atom. The zero-order valence-electron chi connectivity index (χ0n) is 9.22. The Balaban J connectivity index is 1.95. The van der Waals surface area contributed by atoms with Crippen LogP contribution in [0.3, 0.4) is 0 Å². The Labute approximate surface area is 94.3 Å². The summed E-state index contributed by atoms with van der Waals surface area (Å²) in [6, 6.07) is 8.73. The highest BCUT2D eigenvalue weighted by molar-refractivity contribution is 5.61. The predicted octanol–water partition coefficient (Wildman–Crippen LogP) is 1.40. The van der Waals surface area contributed by atoms with Crippen LogP contribution in [0.1, 0.15) is 11.6 Å². The summed E-state index contributed by atoms with van der Waals surface area (Å²) < 4.78 is 1.96. The van der Waals surface area contributed by atoms with Gasteiger partial charge in [0.05, 0.1) is 12.2 Å². The second-order valence-corrected chi connectivity index (χ2v) is 4.21. The summed E-state index contributed by atoms with van der Waals surface area (Å²) in [6.45, 7) is 4.09. The fraction of sp³-hybridized carbons (Fsp3) is 0.333. The standard InChI is InChI=1S/C12H14N4/c1-9-4-2-3-5-11(9)12-8-16(15-14-12)10-6-13-7-10/h2-5,8,10,13H,6-7H2,1H3. The lowest BCUT2D eigenvalue weighted by Gasteiger charge is -2.26.